The molecular formula is C16H28N4O. The molecule has 1 rings (SSSR count). The van der Waals surface area contributed by atoms with Crippen LogP contribution in [0.4, 0.5) is 11.4 Å². The van der Waals surface area contributed by atoms with Gasteiger partial charge in [-0.25, -0.2) is 9.98 Å². The predicted octanol–water partition coefficient (Wildman–Crippen LogP) is 3.40. The van der Waals surface area contributed by atoms with E-state index < -0.39 is 0 Å². The van der Waals surface area contributed by atoms with Gasteiger partial charge in [-0.1, -0.05) is 13.8 Å². The number of rotatable bonds is 8. The Kier molecular flexibility index (Phi) is 6.99. The lowest BCUT2D eigenvalue weighted by molar-refractivity contribution is 0.288. The third-order valence-electron chi connectivity index (χ3n) is 3.24. The van der Waals surface area contributed by atoms with Crippen molar-refractivity contribution in [3.63, 3.8) is 0 Å². The fraction of sp³-hybridized carbons (Fsp3) is 0.625. The molecule has 5 nitrogen and oxygen atoms in total. The smallest absolute Gasteiger partial charge is 0.237 e. The van der Waals surface area contributed by atoms with Crippen molar-refractivity contribution in [3.8, 4) is 5.88 Å². The molecule has 0 aromatic carbocycles. The topological polar surface area (TPSA) is 63.7 Å². The Morgan fingerprint density at radius 3 is 2.81 bits per heavy atom. The Labute approximate surface area is 128 Å². The van der Waals surface area contributed by atoms with E-state index in [0.29, 0.717) is 24.1 Å². The van der Waals surface area contributed by atoms with Gasteiger partial charge in [-0.3, -0.25) is 0 Å². The molecule has 1 aromatic rings. The van der Waals surface area contributed by atoms with Crippen LogP contribution in [0.3, 0.4) is 0 Å². The molecule has 0 unspecified atom stereocenters. The fourth-order valence-electron chi connectivity index (χ4n) is 1.74. The molecule has 1 aromatic heterocycles. The molecule has 0 radical (unpaired) electrons. The second-order valence-electron chi connectivity index (χ2n) is 5.69. The van der Waals surface area contributed by atoms with Crippen LogP contribution in [0, 0.1) is 12.8 Å². The van der Waals surface area contributed by atoms with Crippen LogP contribution in [-0.2, 0) is 0 Å². The lowest BCUT2D eigenvalue weighted by Gasteiger charge is -2.12. The van der Waals surface area contributed by atoms with E-state index in [4.69, 9.17) is 10.5 Å². The van der Waals surface area contributed by atoms with Gasteiger partial charge in [0.05, 0.1) is 30.0 Å². The highest BCUT2D eigenvalue weighted by atomic mass is 16.5. The summed E-state index contributed by atoms with van der Waals surface area (Å²) in [4.78, 5) is 10.8. The average molecular weight is 292 g/mol. The number of hydrogen-bond donors (Lipinski definition) is 1. The number of hydrogen-bond acceptors (Lipinski definition) is 4. The van der Waals surface area contributed by atoms with E-state index in [-0.39, 0.29) is 0 Å². The first-order valence-electron chi connectivity index (χ1n) is 7.58. The van der Waals surface area contributed by atoms with Gasteiger partial charge < -0.3 is 15.4 Å². The highest BCUT2D eigenvalue weighted by Crippen LogP contribution is 2.27. The summed E-state index contributed by atoms with van der Waals surface area (Å²) in [5.74, 6) is 1.20. The highest BCUT2D eigenvalue weighted by molar-refractivity contribution is 5.66. The standard InChI is InChI=1S/C16H28N4O/c1-6-20(5)11-18-15-10-14(17)16(19-13(15)4)21-9-7-8-12(2)3/h10-12H,6-9,17H2,1-5H3. The summed E-state index contributed by atoms with van der Waals surface area (Å²) in [6.07, 6.45) is 3.94. The zero-order valence-corrected chi connectivity index (χ0v) is 13.9. The third kappa shape index (κ3) is 6.02. The van der Waals surface area contributed by atoms with Crippen molar-refractivity contribution in [2.45, 2.75) is 40.5 Å². The van der Waals surface area contributed by atoms with Crippen molar-refractivity contribution < 1.29 is 4.74 Å². The van der Waals surface area contributed by atoms with E-state index in [1.165, 1.54) is 0 Å². The predicted molar refractivity (Wildman–Crippen MR) is 89.4 cm³/mol. The Morgan fingerprint density at radius 1 is 1.48 bits per heavy atom. The molecule has 21 heavy (non-hydrogen) atoms. The fourth-order valence-corrected chi connectivity index (χ4v) is 1.74. The van der Waals surface area contributed by atoms with Gasteiger partial charge in [-0.15, -0.1) is 0 Å². The molecule has 0 atom stereocenters. The number of ether oxygens (including phenoxy) is 1. The second-order valence-corrected chi connectivity index (χ2v) is 5.69. The largest absolute Gasteiger partial charge is 0.476 e. The van der Waals surface area contributed by atoms with Gasteiger partial charge in [-0.2, -0.15) is 0 Å². The van der Waals surface area contributed by atoms with Crippen molar-refractivity contribution >= 4 is 17.7 Å². The van der Waals surface area contributed by atoms with E-state index in [1.807, 2.05) is 24.9 Å². The maximum absolute atomic E-state index is 6.00. The number of pyridine rings is 1. The Morgan fingerprint density at radius 2 is 2.19 bits per heavy atom. The monoisotopic (exact) mass is 292 g/mol. The third-order valence-corrected chi connectivity index (χ3v) is 3.24. The maximum Gasteiger partial charge on any atom is 0.237 e. The van der Waals surface area contributed by atoms with Gasteiger partial charge in [0.25, 0.3) is 0 Å². The number of nitrogens with zero attached hydrogens (tertiary/aromatic N) is 3. The first-order valence-corrected chi connectivity index (χ1v) is 7.58. The number of aliphatic imine (C=N–C) groups is 1. The molecule has 0 amide bonds. The number of aromatic nitrogens is 1. The van der Waals surface area contributed by atoms with Crippen LogP contribution in [-0.4, -0.2) is 36.4 Å². The number of nitrogens with two attached hydrogens (primary N) is 1. The summed E-state index contributed by atoms with van der Waals surface area (Å²) in [5, 5.41) is 0. The van der Waals surface area contributed by atoms with Gasteiger partial charge in [0.15, 0.2) is 0 Å². The molecule has 0 aliphatic heterocycles. The zero-order chi connectivity index (χ0) is 15.8. The first-order chi connectivity index (χ1) is 9.93. The van der Waals surface area contributed by atoms with Crippen LogP contribution >= 0.6 is 0 Å². The van der Waals surface area contributed by atoms with E-state index in [0.717, 1.165) is 30.8 Å². The minimum Gasteiger partial charge on any atom is -0.476 e. The van der Waals surface area contributed by atoms with Crippen molar-refractivity contribution in [2.24, 2.45) is 10.9 Å². The highest BCUT2D eigenvalue weighted by Gasteiger charge is 2.07. The van der Waals surface area contributed by atoms with E-state index >= 15 is 0 Å². The molecule has 0 bridgehead atoms. The molecule has 2 N–H and O–H groups in total. The minimum absolute atomic E-state index is 0.513. The molecule has 5 heteroatoms. The molecule has 0 aliphatic carbocycles. The average Bonchev–Trinajstić information content (AvgIpc) is 2.44. The molecule has 118 valence electrons. The summed E-state index contributed by atoms with van der Waals surface area (Å²) >= 11 is 0. The lowest BCUT2D eigenvalue weighted by atomic mass is 10.1. The van der Waals surface area contributed by atoms with E-state index in [1.54, 1.807) is 6.34 Å². The SMILES string of the molecule is CCN(C)C=Nc1cc(N)c(OCCCC(C)C)nc1C. The van der Waals surface area contributed by atoms with Gasteiger partial charge in [-0.05, 0) is 38.7 Å². The molecule has 1 heterocycles. The number of aryl methyl sites for hydroxylation is 1. The lowest BCUT2D eigenvalue weighted by Crippen LogP contribution is -2.14. The molecule has 0 spiro atoms. The normalized spacial score (nSPS) is 11.3. The minimum atomic E-state index is 0.513. The quantitative estimate of drug-likeness (QED) is 0.453. The van der Waals surface area contributed by atoms with Crippen LogP contribution < -0.4 is 10.5 Å². The first kappa shape index (κ1) is 17.3. The molecule has 0 saturated carbocycles. The summed E-state index contributed by atoms with van der Waals surface area (Å²) in [6.45, 7) is 9.95. The van der Waals surface area contributed by atoms with Crippen molar-refractivity contribution in [1.82, 2.24) is 9.88 Å². The zero-order valence-electron chi connectivity index (χ0n) is 13.9. The summed E-state index contributed by atoms with van der Waals surface area (Å²) in [6, 6.07) is 1.82. The van der Waals surface area contributed by atoms with Gasteiger partial charge in [0.1, 0.15) is 0 Å². The van der Waals surface area contributed by atoms with E-state index in [2.05, 4.69) is 30.7 Å². The Hall–Kier alpha value is -1.78. The summed E-state index contributed by atoms with van der Waals surface area (Å²) in [7, 11) is 1.97. The number of nitrogen functional groups attached to an aromatic ring is 1. The van der Waals surface area contributed by atoms with Crippen LogP contribution in [0.2, 0.25) is 0 Å². The van der Waals surface area contributed by atoms with Crippen LogP contribution in [0.15, 0.2) is 11.1 Å². The van der Waals surface area contributed by atoms with Crippen molar-refractivity contribution in [3.05, 3.63) is 11.8 Å². The molecular weight excluding hydrogens is 264 g/mol. The van der Waals surface area contributed by atoms with Crippen molar-refractivity contribution in [1.29, 1.82) is 0 Å². The van der Waals surface area contributed by atoms with Gasteiger partial charge in [0.2, 0.25) is 5.88 Å². The Bertz CT molecular complexity index is 472. The van der Waals surface area contributed by atoms with Crippen LogP contribution in [0.25, 0.3) is 0 Å². The second kappa shape index (κ2) is 8.49. The maximum atomic E-state index is 6.00. The Balaban J connectivity index is 2.68. The molecule has 0 aliphatic rings. The van der Waals surface area contributed by atoms with Crippen LogP contribution in [0.5, 0.6) is 5.88 Å². The summed E-state index contributed by atoms with van der Waals surface area (Å²) in [5.41, 5.74) is 8.14. The molecule has 0 saturated heterocycles. The summed E-state index contributed by atoms with van der Waals surface area (Å²) < 4.78 is 5.67. The van der Waals surface area contributed by atoms with Crippen LogP contribution in [0.1, 0.15) is 39.3 Å². The number of anilines is 1. The molecule has 0 fully saturated rings. The van der Waals surface area contributed by atoms with Gasteiger partial charge >= 0.3 is 0 Å². The van der Waals surface area contributed by atoms with Gasteiger partial charge in [0, 0.05) is 13.6 Å². The van der Waals surface area contributed by atoms with E-state index in [9.17, 15) is 0 Å². The van der Waals surface area contributed by atoms with Crippen molar-refractivity contribution in [2.75, 3.05) is 25.9 Å².